The summed E-state index contributed by atoms with van der Waals surface area (Å²) in [5, 5.41) is 12.3. The van der Waals surface area contributed by atoms with E-state index in [9.17, 15) is 13.2 Å². The number of hydrogen-bond donors (Lipinski definition) is 0. The number of rotatable bonds is 4. The molecule has 2 heterocycles. The van der Waals surface area contributed by atoms with E-state index < -0.39 is 11.9 Å². The van der Waals surface area contributed by atoms with Crippen LogP contribution >= 0.6 is 15.9 Å². The smallest absolute Gasteiger partial charge is 0.425 e. The average Bonchev–Trinajstić information content (AvgIpc) is 3.18. The fraction of sp³-hybridized carbons (Fsp3) is 0.737. The second-order valence-electron chi connectivity index (χ2n) is 8.92. The van der Waals surface area contributed by atoms with E-state index in [1.165, 1.54) is 23.9 Å². The van der Waals surface area contributed by atoms with Crippen molar-refractivity contribution in [2.75, 3.05) is 0 Å². The van der Waals surface area contributed by atoms with E-state index in [1.54, 1.807) is 6.92 Å². The summed E-state index contributed by atoms with van der Waals surface area (Å²) in [5.74, 6) is 3.57. The lowest BCUT2D eigenvalue weighted by Crippen LogP contribution is -2.48. The molecular weight excluding hydrogens is 437 g/mol. The van der Waals surface area contributed by atoms with Gasteiger partial charge < -0.3 is 4.42 Å². The Morgan fingerprint density at radius 3 is 2.25 bits per heavy atom. The molecule has 0 spiro atoms. The van der Waals surface area contributed by atoms with E-state index in [0.717, 1.165) is 42.9 Å². The summed E-state index contributed by atoms with van der Waals surface area (Å²) in [4.78, 5) is 0. The van der Waals surface area contributed by atoms with Crippen molar-refractivity contribution >= 4 is 15.9 Å². The van der Waals surface area contributed by atoms with Crippen molar-refractivity contribution in [1.29, 1.82) is 0 Å². The number of aryl methyl sites for hydroxylation is 2. The van der Waals surface area contributed by atoms with Gasteiger partial charge in [0.1, 0.15) is 0 Å². The van der Waals surface area contributed by atoms with Gasteiger partial charge in [0.15, 0.2) is 5.69 Å². The Bertz CT molecular complexity index is 868. The highest BCUT2D eigenvalue weighted by Crippen LogP contribution is 2.60. The van der Waals surface area contributed by atoms with Crippen LogP contribution in [0.2, 0.25) is 0 Å². The fourth-order valence-corrected chi connectivity index (χ4v) is 6.57. The van der Waals surface area contributed by atoms with E-state index in [4.69, 9.17) is 4.42 Å². The maximum atomic E-state index is 13.0. The maximum absolute atomic E-state index is 13.0. The lowest BCUT2D eigenvalue weighted by molar-refractivity contribution is -0.142. The number of hydrogen-bond acceptors (Lipinski definition) is 4. The zero-order valence-electron chi connectivity index (χ0n) is 15.6. The van der Waals surface area contributed by atoms with Crippen LogP contribution in [0.3, 0.4) is 0 Å². The zero-order chi connectivity index (χ0) is 19.7. The van der Waals surface area contributed by atoms with E-state index in [1.807, 2.05) is 0 Å². The molecule has 4 aliphatic rings. The van der Waals surface area contributed by atoms with Crippen molar-refractivity contribution < 1.29 is 17.6 Å². The largest absolute Gasteiger partial charge is 0.436 e. The molecule has 9 heteroatoms. The summed E-state index contributed by atoms with van der Waals surface area (Å²) in [6, 6.07) is 0. The molecule has 0 aromatic carbocycles. The maximum Gasteiger partial charge on any atom is 0.436 e. The lowest BCUT2D eigenvalue weighted by Gasteiger charge is -2.55. The van der Waals surface area contributed by atoms with Gasteiger partial charge in [0.25, 0.3) is 0 Å². The van der Waals surface area contributed by atoms with E-state index in [-0.39, 0.29) is 16.4 Å². The molecule has 28 heavy (non-hydrogen) atoms. The third kappa shape index (κ3) is 3.00. The van der Waals surface area contributed by atoms with Crippen LogP contribution in [0.4, 0.5) is 13.2 Å². The van der Waals surface area contributed by atoms with Gasteiger partial charge in [-0.15, -0.1) is 10.2 Å². The standard InChI is InChI=1S/C19H22BrF3N4O/c1-10-15(20)16(19(21,22)23)26-27(10)3-2-14-24-25-17(28-14)18-7-11-4-12(8-18)6-13(5-11)9-18/h11-13H,2-9H2,1H3. The molecule has 6 rings (SSSR count). The molecule has 2 aromatic rings. The summed E-state index contributed by atoms with van der Waals surface area (Å²) in [5.41, 5.74) is -0.424. The quantitative estimate of drug-likeness (QED) is 0.641. The molecule has 4 saturated carbocycles. The summed E-state index contributed by atoms with van der Waals surface area (Å²) < 4.78 is 46.4. The molecule has 4 bridgehead atoms. The molecule has 0 aliphatic heterocycles. The van der Waals surface area contributed by atoms with E-state index in [0.29, 0.717) is 18.0 Å². The minimum atomic E-state index is -4.48. The van der Waals surface area contributed by atoms with Crippen molar-refractivity contribution in [3.8, 4) is 0 Å². The van der Waals surface area contributed by atoms with Gasteiger partial charge in [-0.3, -0.25) is 4.68 Å². The first-order valence-electron chi connectivity index (χ1n) is 9.86. The molecule has 0 atom stereocenters. The van der Waals surface area contributed by atoms with Crippen molar-refractivity contribution in [3.63, 3.8) is 0 Å². The Morgan fingerprint density at radius 1 is 1.11 bits per heavy atom. The van der Waals surface area contributed by atoms with Gasteiger partial charge in [-0.2, -0.15) is 18.3 Å². The number of nitrogens with zero attached hydrogens (tertiary/aromatic N) is 4. The summed E-state index contributed by atoms with van der Waals surface area (Å²) >= 11 is 3.00. The van der Waals surface area contributed by atoms with Gasteiger partial charge in [-0.25, -0.2) is 0 Å². The predicted molar refractivity (Wildman–Crippen MR) is 97.5 cm³/mol. The molecule has 5 nitrogen and oxygen atoms in total. The number of alkyl halides is 3. The van der Waals surface area contributed by atoms with Crippen molar-refractivity contribution in [3.05, 3.63) is 27.6 Å². The highest BCUT2D eigenvalue weighted by atomic mass is 79.9. The molecule has 0 N–H and O–H groups in total. The second-order valence-corrected chi connectivity index (χ2v) is 9.71. The Balaban J connectivity index is 1.32. The van der Waals surface area contributed by atoms with Crippen LogP contribution in [0.5, 0.6) is 0 Å². The van der Waals surface area contributed by atoms with Crippen molar-refractivity contribution in [2.45, 2.75) is 70.0 Å². The minimum Gasteiger partial charge on any atom is -0.425 e. The molecular formula is C19H22BrF3N4O. The predicted octanol–water partition coefficient (Wildman–Crippen LogP) is 5.07. The first-order chi connectivity index (χ1) is 13.2. The van der Waals surface area contributed by atoms with Crippen LogP contribution in [0.25, 0.3) is 0 Å². The second kappa shape index (κ2) is 6.31. The third-order valence-corrected chi connectivity index (χ3v) is 7.85. The monoisotopic (exact) mass is 458 g/mol. The molecule has 2 aromatic heterocycles. The first kappa shape index (κ1) is 18.6. The lowest BCUT2D eigenvalue weighted by atomic mass is 9.49. The van der Waals surface area contributed by atoms with Crippen LogP contribution in [0.15, 0.2) is 8.89 Å². The number of halogens is 4. The van der Waals surface area contributed by atoms with Crippen LogP contribution in [0.1, 0.15) is 61.7 Å². The first-order valence-corrected chi connectivity index (χ1v) is 10.7. The van der Waals surface area contributed by atoms with Gasteiger partial charge in [-0.05, 0) is 79.1 Å². The summed E-state index contributed by atoms with van der Waals surface area (Å²) in [6.07, 6.45) is 3.33. The Morgan fingerprint density at radius 2 is 1.71 bits per heavy atom. The fourth-order valence-electron chi connectivity index (χ4n) is 6.07. The van der Waals surface area contributed by atoms with Gasteiger partial charge in [-0.1, -0.05) is 0 Å². The van der Waals surface area contributed by atoms with Gasteiger partial charge >= 0.3 is 6.18 Å². The molecule has 0 saturated heterocycles. The number of aromatic nitrogens is 4. The highest BCUT2D eigenvalue weighted by Gasteiger charge is 2.54. The van der Waals surface area contributed by atoms with Crippen LogP contribution in [-0.4, -0.2) is 20.0 Å². The van der Waals surface area contributed by atoms with Crippen molar-refractivity contribution in [1.82, 2.24) is 20.0 Å². The zero-order valence-corrected chi connectivity index (χ0v) is 17.2. The third-order valence-electron chi connectivity index (χ3n) is 6.90. The minimum absolute atomic E-state index is 0.0141. The van der Waals surface area contributed by atoms with Gasteiger partial charge in [0.2, 0.25) is 11.8 Å². The van der Waals surface area contributed by atoms with Gasteiger partial charge in [0.05, 0.1) is 10.2 Å². The van der Waals surface area contributed by atoms with Crippen LogP contribution < -0.4 is 0 Å². The SMILES string of the molecule is Cc1c(Br)c(C(F)(F)F)nn1CCc1nnc(C23CC4CC(CC(C4)C2)C3)o1. The summed E-state index contributed by atoms with van der Waals surface area (Å²) in [6.45, 7) is 1.88. The molecule has 0 unspecified atom stereocenters. The Labute approximate surface area is 169 Å². The molecule has 4 aliphatic carbocycles. The van der Waals surface area contributed by atoms with E-state index in [2.05, 4.69) is 31.2 Å². The van der Waals surface area contributed by atoms with Crippen LogP contribution in [0, 0.1) is 24.7 Å². The highest BCUT2D eigenvalue weighted by molar-refractivity contribution is 9.10. The van der Waals surface area contributed by atoms with Crippen molar-refractivity contribution in [2.24, 2.45) is 17.8 Å². The molecule has 4 fully saturated rings. The molecule has 152 valence electrons. The normalized spacial score (nSPS) is 31.7. The van der Waals surface area contributed by atoms with Crippen LogP contribution in [-0.2, 0) is 24.6 Å². The summed E-state index contributed by atoms with van der Waals surface area (Å²) in [7, 11) is 0. The van der Waals surface area contributed by atoms with Gasteiger partial charge in [0, 0.05) is 18.4 Å². The molecule has 0 radical (unpaired) electrons. The average molecular weight is 459 g/mol. The molecule has 0 amide bonds. The Hall–Kier alpha value is -1.38. The Kier molecular flexibility index (Phi) is 4.20. The topological polar surface area (TPSA) is 56.7 Å². The van der Waals surface area contributed by atoms with E-state index >= 15 is 0 Å².